The first kappa shape index (κ1) is 22.1. The number of fused-ring (bicyclic) bond motifs is 1. The van der Waals surface area contributed by atoms with Crippen LogP contribution >= 0.6 is 0 Å². The minimum atomic E-state index is -0.218. The molecule has 170 valence electrons. The number of aromatic nitrogens is 3. The van der Waals surface area contributed by atoms with Gasteiger partial charge in [-0.05, 0) is 36.6 Å². The van der Waals surface area contributed by atoms with Crippen LogP contribution < -0.4 is 16.4 Å². The summed E-state index contributed by atoms with van der Waals surface area (Å²) >= 11 is 0. The van der Waals surface area contributed by atoms with Crippen molar-refractivity contribution in [2.45, 2.75) is 13.3 Å². The van der Waals surface area contributed by atoms with Crippen LogP contribution in [0.2, 0.25) is 0 Å². The largest absolute Gasteiger partial charge is 0.383 e. The third kappa shape index (κ3) is 4.05. The summed E-state index contributed by atoms with van der Waals surface area (Å²) in [6.07, 6.45) is 4.20. The van der Waals surface area contributed by atoms with E-state index in [1.54, 1.807) is 18.9 Å². The molecule has 0 bridgehead atoms. The Morgan fingerprint density at radius 2 is 1.91 bits per heavy atom. The molecule has 9 nitrogen and oxygen atoms in total. The average molecular weight is 446 g/mol. The third-order valence-corrected chi connectivity index (χ3v) is 5.83. The zero-order valence-electron chi connectivity index (χ0n) is 19.0. The van der Waals surface area contributed by atoms with Gasteiger partial charge in [-0.25, -0.2) is 14.8 Å². The number of carbonyl (C=O) groups is 2. The van der Waals surface area contributed by atoms with Crippen LogP contribution in [0.1, 0.15) is 18.9 Å². The summed E-state index contributed by atoms with van der Waals surface area (Å²) in [6.45, 7) is 6.44. The number of rotatable bonds is 4. The lowest BCUT2D eigenvalue weighted by Gasteiger charge is -2.26. The molecule has 0 spiro atoms. The Morgan fingerprint density at radius 1 is 1.18 bits per heavy atom. The van der Waals surface area contributed by atoms with Crippen molar-refractivity contribution in [3.8, 4) is 11.3 Å². The molecule has 33 heavy (non-hydrogen) atoms. The second-order valence-corrected chi connectivity index (χ2v) is 8.03. The number of hydrogen-bond donors (Lipinski definition) is 3. The van der Waals surface area contributed by atoms with Crippen LogP contribution in [0.15, 0.2) is 48.8 Å². The average Bonchev–Trinajstić information content (AvgIpc) is 3.12. The number of benzene rings is 1. The van der Waals surface area contributed by atoms with Crippen molar-refractivity contribution in [3.05, 3.63) is 54.4 Å². The van der Waals surface area contributed by atoms with E-state index >= 15 is 0 Å². The Balaban J connectivity index is 1.81. The third-order valence-electron chi connectivity index (χ3n) is 5.83. The normalized spacial score (nSPS) is 13.5. The second kappa shape index (κ2) is 8.78. The summed E-state index contributed by atoms with van der Waals surface area (Å²) in [5.41, 5.74) is 12.1. The number of hydrogen-bond acceptors (Lipinski definition) is 5. The number of urea groups is 1. The number of amides is 3. The van der Waals surface area contributed by atoms with Gasteiger partial charge in [0.1, 0.15) is 17.8 Å². The van der Waals surface area contributed by atoms with E-state index in [0.29, 0.717) is 36.6 Å². The van der Waals surface area contributed by atoms with E-state index in [1.165, 1.54) is 6.33 Å². The quantitative estimate of drug-likeness (QED) is 0.533. The van der Waals surface area contributed by atoms with E-state index in [2.05, 4.69) is 33.3 Å². The molecule has 4 rings (SSSR count). The Bertz CT molecular complexity index is 1290. The van der Waals surface area contributed by atoms with Gasteiger partial charge >= 0.3 is 6.03 Å². The maximum Gasteiger partial charge on any atom is 0.317 e. The molecule has 4 N–H and O–H groups in total. The molecule has 1 aromatic carbocycles. The van der Waals surface area contributed by atoms with Crippen LogP contribution in [0.3, 0.4) is 0 Å². The Hall–Kier alpha value is -4.14. The van der Waals surface area contributed by atoms with Gasteiger partial charge < -0.3 is 25.8 Å². The number of nitrogens with one attached hydrogen (secondary N) is 2. The van der Waals surface area contributed by atoms with E-state index in [4.69, 9.17) is 5.73 Å². The maximum absolute atomic E-state index is 12.0. The first-order valence-corrected chi connectivity index (χ1v) is 10.6. The first-order chi connectivity index (χ1) is 15.8. The van der Waals surface area contributed by atoms with Crippen molar-refractivity contribution in [1.29, 1.82) is 0 Å². The topological polar surface area (TPSA) is 118 Å². The van der Waals surface area contributed by atoms with E-state index in [1.807, 2.05) is 35.9 Å². The summed E-state index contributed by atoms with van der Waals surface area (Å²) in [5, 5.41) is 6.30. The van der Waals surface area contributed by atoms with Crippen molar-refractivity contribution in [1.82, 2.24) is 24.8 Å². The molecule has 0 saturated carbocycles. The van der Waals surface area contributed by atoms with Gasteiger partial charge in [-0.1, -0.05) is 24.8 Å². The van der Waals surface area contributed by atoms with Gasteiger partial charge in [0.15, 0.2) is 0 Å². The van der Waals surface area contributed by atoms with Gasteiger partial charge in [-0.2, -0.15) is 0 Å². The lowest BCUT2D eigenvalue weighted by molar-refractivity contribution is -0.112. The molecule has 0 fully saturated rings. The predicted octanol–water partition coefficient (Wildman–Crippen LogP) is 3.16. The van der Waals surface area contributed by atoms with Crippen molar-refractivity contribution in [2.75, 3.05) is 31.2 Å². The SMILES string of the molecule is C=C(C)C(=O)Nc1ccc(-c2c(C3=CCN(C(=O)NC)CC3)c3c(N)ncnc3n2C)cc1. The Labute approximate surface area is 192 Å². The van der Waals surface area contributed by atoms with Crippen LogP contribution in [0, 0.1) is 0 Å². The number of anilines is 2. The summed E-state index contributed by atoms with van der Waals surface area (Å²) in [4.78, 5) is 34.4. The van der Waals surface area contributed by atoms with E-state index in [0.717, 1.165) is 33.4 Å². The molecule has 1 aliphatic heterocycles. The van der Waals surface area contributed by atoms with Crippen molar-refractivity contribution in [3.63, 3.8) is 0 Å². The van der Waals surface area contributed by atoms with Crippen LogP contribution in [-0.4, -0.2) is 51.5 Å². The summed E-state index contributed by atoms with van der Waals surface area (Å²) < 4.78 is 2.01. The highest BCUT2D eigenvalue weighted by Crippen LogP contribution is 2.40. The monoisotopic (exact) mass is 445 g/mol. The number of nitrogen functional groups attached to an aromatic ring is 1. The predicted molar refractivity (Wildman–Crippen MR) is 130 cm³/mol. The van der Waals surface area contributed by atoms with Crippen LogP contribution in [0.25, 0.3) is 27.9 Å². The van der Waals surface area contributed by atoms with Gasteiger partial charge in [0.2, 0.25) is 0 Å². The highest BCUT2D eigenvalue weighted by atomic mass is 16.2. The lowest BCUT2D eigenvalue weighted by Crippen LogP contribution is -2.40. The summed E-state index contributed by atoms with van der Waals surface area (Å²) in [7, 11) is 3.58. The van der Waals surface area contributed by atoms with Crippen LogP contribution in [-0.2, 0) is 11.8 Å². The Kier molecular flexibility index (Phi) is 5.87. The van der Waals surface area contributed by atoms with Gasteiger partial charge in [-0.3, -0.25) is 4.79 Å². The number of aryl methyl sites for hydroxylation is 1. The number of nitrogens with zero attached hydrogens (tertiary/aromatic N) is 4. The highest BCUT2D eigenvalue weighted by molar-refractivity contribution is 6.05. The molecule has 0 aliphatic carbocycles. The van der Waals surface area contributed by atoms with Gasteiger partial charge in [0.05, 0.1) is 11.1 Å². The summed E-state index contributed by atoms with van der Waals surface area (Å²) in [6, 6.07) is 7.52. The van der Waals surface area contributed by atoms with Crippen molar-refractivity contribution < 1.29 is 9.59 Å². The van der Waals surface area contributed by atoms with Crippen molar-refractivity contribution >= 4 is 40.1 Å². The molecule has 9 heteroatoms. The van der Waals surface area contributed by atoms with E-state index < -0.39 is 0 Å². The standard InChI is InChI=1S/C24H27N7O2/c1-14(2)23(32)29-17-7-5-16(6-8-17)20-18(15-9-11-31(12-10-15)24(33)26-3)19-21(25)27-13-28-22(19)30(20)4/h5-9,13H,1,10-12H2,2-4H3,(H,26,33)(H,29,32)(H2,25,27,28). The molecule has 2 aromatic heterocycles. The minimum Gasteiger partial charge on any atom is -0.383 e. The lowest BCUT2D eigenvalue weighted by atomic mass is 9.94. The molecule has 3 heterocycles. The van der Waals surface area contributed by atoms with Gasteiger partial charge in [0.25, 0.3) is 5.91 Å². The molecule has 0 saturated heterocycles. The smallest absolute Gasteiger partial charge is 0.317 e. The second-order valence-electron chi connectivity index (χ2n) is 8.03. The minimum absolute atomic E-state index is 0.0984. The van der Waals surface area contributed by atoms with Crippen LogP contribution in [0.4, 0.5) is 16.3 Å². The molecular formula is C24H27N7O2. The fourth-order valence-electron chi connectivity index (χ4n) is 4.11. The molecule has 3 amide bonds. The molecule has 0 unspecified atom stereocenters. The van der Waals surface area contributed by atoms with Gasteiger partial charge in [-0.15, -0.1) is 0 Å². The molecule has 0 radical (unpaired) electrons. The Morgan fingerprint density at radius 3 is 2.52 bits per heavy atom. The molecule has 3 aromatic rings. The fraction of sp³-hybridized carbons (Fsp3) is 0.250. The molecule has 0 atom stereocenters. The first-order valence-electron chi connectivity index (χ1n) is 10.6. The zero-order chi connectivity index (χ0) is 23.7. The summed E-state index contributed by atoms with van der Waals surface area (Å²) in [5.74, 6) is 0.195. The maximum atomic E-state index is 12.0. The van der Waals surface area contributed by atoms with Crippen LogP contribution in [0.5, 0.6) is 0 Å². The van der Waals surface area contributed by atoms with E-state index in [9.17, 15) is 9.59 Å². The van der Waals surface area contributed by atoms with Gasteiger partial charge in [0, 0.05) is 44.0 Å². The van der Waals surface area contributed by atoms with E-state index in [-0.39, 0.29) is 11.9 Å². The highest BCUT2D eigenvalue weighted by Gasteiger charge is 2.25. The molecular weight excluding hydrogens is 418 g/mol. The fourth-order valence-corrected chi connectivity index (χ4v) is 4.11. The molecule has 1 aliphatic rings. The number of nitrogens with two attached hydrogens (primary N) is 1. The number of carbonyl (C=O) groups excluding carboxylic acids is 2. The van der Waals surface area contributed by atoms with Crippen molar-refractivity contribution in [2.24, 2.45) is 7.05 Å². The zero-order valence-corrected chi connectivity index (χ0v) is 19.0.